The molecule has 0 saturated carbocycles. The molecular formula is C18H23N3OS. The maximum Gasteiger partial charge on any atom is 0.168 e. The second-order valence-electron chi connectivity index (χ2n) is 5.91. The van der Waals surface area contributed by atoms with Crippen LogP contribution in [0.25, 0.3) is 0 Å². The molecule has 0 aliphatic carbocycles. The Balaban J connectivity index is 1.91. The van der Waals surface area contributed by atoms with Crippen molar-refractivity contribution in [1.29, 1.82) is 5.26 Å². The highest BCUT2D eigenvalue weighted by Crippen LogP contribution is 2.22. The first-order valence-electron chi connectivity index (χ1n) is 7.80. The molecule has 1 aromatic carbocycles. The summed E-state index contributed by atoms with van der Waals surface area (Å²) in [5.74, 6) is 2.15. The number of aromatic nitrogens is 2. The minimum atomic E-state index is 0.589. The van der Waals surface area contributed by atoms with Gasteiger partial charge < -0.3 is 9.30 Å². The van der Waals surface area contributed by atoms with Crippen molar-refractivity contribution in [2.75, 3.05) is 12.4 Å². The second-order valence-corrected chi connectivity index (χ2v) is 6.97. The largest absolute Gasteiger partial charge is 0.493 e. The van der Waals surface area contributed by atoms with Crippen LogP contribution in [0.3, 0.4) is 0 Å². The zero-order chi connectivity index (χ0) is 16.8. The zero-order valence-electron chi connectivity index (χ0n) is 14.2. The molecule has 0 aliphatic rings. The van der Waals surface area contributed by atoms with Crippen molar-refractivity contribution in [2.24, 2.45) is 5.92 Å². The van der Waals surface area contributed by atoms with Crippen LogP contribution in [-0.4, -0.2) is 21.9 Å². The number of rotatable bonds is 7. The summed E-state index contributed by atoms with van der Waals surface area (Å²) in [6.45, 7) is 10.2. The molecule has 0 atom stereocenters. The molecular weight excluding hydrogens is 306 g/mol. The smallest absolute Gasteiger partial charge is 0.168 e. The SMILES string of the molecule is Cc1nc(SCCOc2cccc(C#N)c2)n(CC(C)C)c1C. The molecule has 0 spiro atoms. The average molecular weight is 329 g/mol. The van der Waals surface area contributed by atoms with Gasteiger partial charge in [-0.3, -0.25) is 0 Å². The van der Waals surface area contributed by atoms with Gasteiger partial charge in [-0.2, -0.15) is 5.26 Å². The Kier molecular flexibility index (Phi) is 6.12. The van der Waals surface area contributed by atoms with E-state index in [0.717, 1.165) is 28.9 Å². The Morgan fingerprint density at radius 2 is 2.13 bits per heavy atom. The molecule has 0 N–H and O–H groups in total. The highest BCUT2D eigenvalue weighted by atomic mass is 32.2. The number of ether oxygens (including phenoxy) is 1. The van der Waals surface area contributed by atoms with Gasteiger partial charge in [0, 0.05) is 18.0 Å². The molecule has 4 nitrogen and oxygen atoms in total. The maximum atomic E-state index is 8.89. The Labute approximate surface area is 142 Å². The summed E-state index contributed by atoms with van der Waals surface area (Å²) in [4.78, 5) is 4.66. The number of aryl methyl sites for hydroxylation is 1. The van der Waals surface area contributed by atoms with Crippen molar-refractivity contribution in [3.05, 3.63) is 41.2 Å². The van der Waals surface area contributed by atoms with Gasteiger partial charge in [-0.1, -0.05) is 31.7 Å². The van der Waals surface area contributed by atoms with Crippen molar-refractivity contribution >= 4 is 11.8 Å². The van der Waals surface area contributed by atoms with Gasteiger partial charge in [-0.15, -0.1) is 0 Å². The molecule has 0 saturated heterocycles. The van der Waals surface area contributed by atoms with Gasteiger partial charge in [0.05, 0.1) is 23.9 Å². The third-order valence-corrected chi connectivity index (χ3v) is 4.46. The van der Waals surface area contributed by atoms with Crippen LogP contribution in [0.15, 0.2) is 29.4 Å². The van der Waals surface area contributed by atoms with Gasteiger partial charge in [-0.25, -0.2) is 4.98 Å². The molecule has 5 heteroatoms. The van der Waals surface area contributed by atoms with Crippen molar-refractivity contribution < 1.29 is 4.74 Å². The Morgan fingerprint density at radius 3 is 2.83 bits per heavy atom. The zero-order valence-corrected chi connectivity index (χ0v) is 15.0. The molecule has 23 heavy (non-hydrogen) atoms. The highest BCUT2D eigenvalue weighted by Gasteiger charge is 2.12. The summed E-state index contributed by atoms with van der Waals surface area (Å²) in [5, 5.41) is 9.95. The first kappa shape index (κ1) is 17.4. The van der Waals surface area contributed by atoms with E-state index >= 15 is 0 Å². The molecule has 1 aromatic heterocycles. The number of nitrogens with zero attached hydrogens (tertiary/aromatic N) is 3. The van der Waals surface area contributed by atoms with E-state index in [4.69, 9.17) is 10.00 Å². The standard InChI is InChI=1S/C18H23N3OS/c1-13(2)12-21-15(4)14(3)20-18(21)23-9-8-22-17-7-5-6-16(10-17)11-19/h5-7,10,13H,8-9,12H2,1-4H3. The number of hydrogen-bond acceptors (Lipinski definition) is 4. The van der Waals surface area contributed by atoms with Crippen LogP contribution in [0.5, 0.6) is 5.75 Å². The highest BCUT2D eigenvalue weighted by molar-refractivity contribution is 7.99. The van der Waals surface area contributed by atoms with Crippen LogP contribution >= 0.6 is 11.8 Å². The summed E-state index contributed by atoms with van der Waals surface area (Å²) in [7, 11) is 0. The van der Waals surface area contributed by atoms with Crippen LogP contribution in [0.1, 0.15) is 30.8 Å². The van der Waals surface area contributed by atoms with Gasteiger partial charge in [0.1, 0.15) is 5.75 Å². The number of nitriles is 1. The molecule has 0 radical (unpaired) electrons. The van der Waals surface area contributed by atoms with Crippen molar-refractivity contribution in [1.82, 2.24) is 9.55 Å². The lowest BCUT2D eigenvalue weighted by Crippen LogP contribution is -2.08. The first-order valence-corrected chi connectivity index (χ1v) is 8.79. The third-order valence-electron chi connectivity index (χ3n) is 3.52. The van der Waals surface area contributed by atoms with Crippen LogP contribution in [-0.2, 0) is 6.54 Å². The van der Waals surface area contributed by atoms with E-state index in [1.165, 1.54) is 5.69 Å². The lowest BCUT2D eigenvalue weighted by molar-refractivity contribution is 0.343. The first-order chi connectivity index (χ1) is 11.0. The molecule has 2 aromatic rings. The van der Waals surface area contributed by atoms with E-state index in [-0.39, 0.29) is 0 Å². The van der Waals surface area contributed by atoms with Crippen LogP contribution < -0.4 is 4.74 Å². The van der Waals surface area contributed by atoms with Gasteiger partial charge in [0.15, 0.2) is 5.16 Å². The fourth-order valence-electron chi connectivity index (χ4n) is 2.26. The topological polar surface area (TPSA) is 50.8 Å². The molecule has 0 aliphatic heterocycles. The Hall–Kier alpha value is -1.93. The van der Waals surface area contributed by atoms with Crippen molar-refractivity contribution in [3.8, 4) is 11.8 Å². The molecule has 0 amide bonds. The van der Waals surface area contributed by atoms with Crippen LogP contribution in [0.2, 0.25) is 0 Å². The monoisotopic (exact) mass is 329 g/mol. The lowest BCUT2D eigenvalue weighted by Gasteiger charge is -2.12. The number of imidazole rings is 1. The molecule has 122 valence electrons. The summed E-state index contributed by atoms with van der Waals surface area (Å²) in [5.41, 5.74) is 2.95. The van der Waals surface area contributed by atoms with Crippen molar-refractivity contribution in [3.63, 3.8) is 0 Å². The van der Waals surface area contributed by atoms with Crippen LogP contribution in [0, 0.1) is 31.1 Å². The fraction of sp³-hybridized carbons (Fsp3) is 0.444. The lowest BCUT2D eigenvalue weighted by atomic mass is 10.2. The van der Waals surface area contributed by atoms with Crippen molar-refractivity contribution in [2.45, 2.75) is 39.4 Å². The van der Waals surface area contributed by atoms with E-state index in [1.54, 1.807) is 23.9 Å². The second kappa shape index (κ2) is 8.07. The Morgan fingerprint density at radius 1 is 1.35 bits per heavy atom. The number of thioether (sulfide) groups is 1. The minimum Gasteiger partial charge on any atom is -0.493 e. The minimum absolute atomic E-state index is 0.589. The molecule has 0 fully saturated rings. The third kappa shape index (κ3) is 4.77. The van der Waals surface area contributed by atoms with Gasteiger partial charge in [-0.05, 0) is 38.0 Å². The predicted molar refractivity (Wildman–Crippen MR) is 93.9 cm³/mol. The maximum absolute atomic E-state index is 8.89. The molecule has 0 unspecified atom stereocenters. The van der Waals surface area contributed by atoms with E-state index in [9.17, 15) is 0 Å². The fourth-order valence-corrected chi connectivity index (χ4v) is 3.18. The Bertz CT molecular complexity index is 701. The molecule has 0 bridgehead atoms. The normalized spacial score (nSPS) is 10.8. The quantitative estimate of drug-likeness (QED) is 0.564. The van der Waals surface area contributed by atoms with E-state index in [1.807, 2.05) is 12.1 Å². The van der Waals surface area contributed by atoms with Gasteiger partial charge >= 0.3 is 0 Å². The predicted octanol–water partition coefficient (Wildman–Crippen LogP) is 4.20. The van der Waals surface area contributed by atoms with E-state index in [2.05, 4.69) is 43.3 Å². The number of benzene rings is 1. The number of hydrogen-bond donors (Lipinski definition) is 0. The molecule has 1 heterocycles. The summed E-state index contributed by atoms with van der Waals surface area (Å²) >= 11 is 1.72. The van der Waals surface area contributed by atoms with Gasteiger partial charge in [0.2, 0.25) is 0 Å². The summed E-state index contributed by atoms with van der Waals surface area (Å²) in [6.07, 6.45) is 0. The van der Waals surface area contributed by atoms with E-state index < -0.39 is 0 Å². The van der Waals surface area contributed by atoms with E-state index in [0.29, 0.717) is 18.1 Å². The molecule has 2 rings (SSSR count). The van der Waals surface area contributed by atoms with Gasteiger partial charge in [0.25, 0.3) is 0 Å². The average Bonchev–Trinajstić information content (AvgIpc) is 2.79. The van der Waals surface area contributed by atoms with Crippen LogP contribution in [0.4, 0.5) is 0 Å². The summed E-state index contributed by atoms with van der Waals surface area (Å²) < 4.78 is 8.01. The summed E-state index contributed by atoms with van der Waals surface area (Å²) in [6, 6.07) is 9.37.